The number of aryl methyl sites for hydroxylation is 1. The van der Waals surface area contributed by atoms with Gasteiger partial charge in [-0.1, -0.05) is 18.2 Å². The lowest BCUT2D eigenvalue weighted by Gasteiger charge is -2.10. The van der Waals surface area contributed by atoms with Crippen molar-refractivity contribution in [2.75, 3.05) is 11.9 Å². The molecule has 0 aliphatic rings. The fraction of sp³-hybridized carbons (Fsp3) is 0.125. The summed E-state index contributed by atoms with van der Waals surface area (Å²) in [5.74, 6) is -0.431. The number of furan rings is 1. The summed E-state index contributed by atoms with van der Waals surface area (Å²) in [5, 5.41) is 5.37. The molecule has 2 N–H and O–H groups in total. The molecule has 0 saturated carbocycles. The van der Waals surface area contributed by atoms with Crippen LogP contribution in [0.3, 0.4) is 0 Å². The molecule has 0 saturated heterocycles. The summed E-state index contributed by atoms with van der Waals surface area (Å²) in [5.41, 5.74) is 1.55. The highest BCUT2D eigenvalue weighted by atomic mass is 16.3. The van der Waals surface area contributed by atoms with E-state index in [1.165, 1.54) is 6.26 Å². The van der Waals surface area contributed by atoms with Crippen LogP contribution in [-0.2, 0) is 0 Å². The first kappa shape index (κ1) is 14.6. The lowest BCUT2D eigenvalue weighted by Crippen LogP contribution is -2.25. The minimum atomic E-state index is -0.388. The summed E-state index contributed by atoms with van der Waals surface area (Å²) in [6.07, 6.45) is 3.04. The first-order valence-electron chi connectivity index (χ1n) is 6.47. The van der Waals surface area contributed by atoms with Crippen molar-refractivity contribution in [1.82, 2.24) is 5.32 Å². The van der Waals surface area contributed by atoms with Crippen molar-refractivity contribution in [3.63, 3.8) is 0 Å². The molecule has 0 radical (unpaired) electrons. The van der Waals surface area contributed by atoms with Crippen molar-refractivity contribution in [3.05, 3.63) is 66.1 Å². The van der Waals surface area contributed by atoms with Crippen molar-refractivity contribution >= 4 is 17.5 Å². The number of rotatable bonds is 5. The summed E-state index contributed by atoms with van der Waals surface area (Å²) in [7, 11) is 0. The van der Waals surface area contributed by atoms with Crippen LogP contribution in [0.2, 0.25) is 0 Å². The second-order valence-electron chi connectivity index (χ2n) is 4.43. The number of anilines is 1. The maximum Gasteiger partial charge on any atom is 0.291 e. The number of carbonyl (C=O) groups excluding carboxylic acids is 2. The number of hydrogen-bond acceptors (Lipinski definition) is 3. The van der Waals surface area contributed by atoms with Crippen LogP contribution in [0.4, 0.5) is 5.69 Å². The monoisotopic (exact) mass is 284 g/mol. The van der Waals surface area contributed by atoms with E-state index in [0.717, 1.165) is 5.56 Å². The Labute approximate surface area is 122 Å². The van der Waals surface area contributed by atoms with Crippen molar-refractivity contribution in [2.45, 2.75) is 6.92 Å². The number of para-hydroxylation sites is 1. The zero-order valence-corrected chi connectivity index (χ0v) is 11.7. The number of benzene rings is 1. The van der Waals surface area contributed by atoms with Crippen LogP contribution >= 0.6 is 0 Å². The minimum absolute atomic E-state index is 0.233. The molecule has 1 heterocycles. The van der Waals surface area contributed by atoms with Gasteiger partial charge in [0.2, 0.25) is 0 Å². The van der Waals surface area contributed by atoms with Crippen LogP contribution in [0.15, 0.2) is 53.7 Å². The van der Waals surface area contributed by atoms with E-state index in [1.54, 1.807) is 43.3 Å². The molecule has 0 spiro atoms. The molecule has 2 aromatic rings. The molecular formula is C16H16N2O3. The molecule has 2 amide bonds. The van der Waals surface area contributed by atoms with E-state index >= 15 is 0 Å². The average Bonchev–Trinajstić information content (AvgIpc) is 2.91. The lowest BCUT2D eigenvalue weighted by molar-refractivity contribution is 0.0959. The molecule has 0 unspecified atom stereocenters. The van der Waals surface area contributed by atoms with E-state index < -0.39 is 0 Å². The quantitative estimate of drug-likeness (QED) is 0.829. The Morgan fingerprint density at radius 3 is 2.67 bits per heavy atom. The number of amides is 2. The molecular weight excluding hydrogens is 268 g/mol. The SMILES string of the molecule is C=CCNC(=O)c1ccccc1NC(=O)c1occc1C. The maximum atomic E-state index is 12.1. The van der Waals surface area contributed by atoms with E-state index in [2.05, 4.69) is 17.2 Å². The fourth-order valence-electron chi connectivity index (χ4n) is 1.83. The van der Waals surface area contributed by atoms with Gasteiger partial charge in [0.05, 0.1) is 17.5 Å². The van der Waals surface area contributed by atoms with Crippen LogP contribution in [0, 0.1) is 6.92 Å². The van der Waals surface area contributed by atoms with Gasteiger partial charge in [-0.3, -0.25) is 9.59 Å². The Kier molecular flexibility index (Phi) is 4.56. The Bertz CT molecular complexity index is 674. The van der Waals surface area contributed by atoms with Gasteiger partial charge in [0.25, 0.3) is 11.8 Å². The third kappa shape index (κ3) is 3.39. The fourth-order valence-corrected chi connectivity index (χ4v) is 1.83. The van der Waals surface area contributed by atoms with Gasteiger partial charge in [-0.05, 0) is 25.1 Å². The highest BCUT2D eigenvalue weighted by Crippen LogP contribution is 2.17. The lowest BCUT2D eigenvalue weighted by atomic mass is 10.1. The van der Waals surface area contributed by atoms with E-state index in [1.807, 2.05) is 0 Å². The molecule has 1 aromatic heterocycles. The van der Waals surface area contributed by atoms with E-state index in [9.17, 15) is 9.59 Å². The highest BCUT2D eigenvalue weighted by molar-refractivity contribution is 6.08. The Morgan fingerprint density at radius 1 is 1.24 bits per heavy atom. The smallest absolute Gasteiger partial charge is 0.291 e. The Balaban J connectivity index is 2.20. The van der Waals surface area contributed by atoms with Crippen molar-refractivity contribution < 1.29 is 14.0 Å². The van der Waals surface area contributed by atoms with Gasteiger partial charge in [-0.25, -0.2) is 0 Å². The van der Waals surface area contributed by atoms with E-state index in [-0.39, 0.29) is 17.6 Å². The summed E-state index contributed by atoms with van der Waals surface area (Å²) in [6, 6.07) is 8.49. The molecule has 0 aliphatic carbocycles. The normalized spacial score (nSPS) is 9.95. The van der Waals surface area contributed by atoms with Gasteiger partial charge in [0.1, 0.15) is 0 Å². The topological polar surface area (TPSA) is 71.3 Å². The molecule has 0 atom stereocenters. The molecule has 5 heteroatoms. The number of nitrogens with one attached hydrogen (secondary N) is 2. The van der Waals surface area contributed by atoms with Gasteiger partial charge in [0.15, 0.2) is 5.76 Å². The molecule has 1 aromatic carbocycles. The predicted octanol–water partition coefficient (Wildman–Crippen LogP) is 2.76. The van der Waals surface area contributed by atoms with Gasteiger partial charge >= 0.3 is 0 Å². The molecule has 0 fully saturated rings. The van der Waals surface area contributed by atoms with Gasteiger partial charge < -0.3 is 15.1 Å². The van der Waals surface area contributed by atoms with Gasteiger partial charge in [-0.2, -0.15) is 0 Å². The third-order valence-corrected chi connectivity index (χ3v) is 2.90. The standard InChI is InChI=1S/C16H16N2O3/c1-3-9-17-15(19)12-6-4-5-7-13(12)18-16(20)14-11(2)8-10-21-14/h3-8,10H,1,9H2,2H3,(H,17,19)(H,18,20). The zero-order valence-electron chi connectivity index (χ0n) is 11.7. The second-order valence-corrected chi connectivity index (χ2v) is 4.43. The highest BCUT2D eigenvalue weighted by Gasteiger charge is 2.16. The van der Waals surface area contributed by atoms with Crippen LogP contribution in [0.25, 0.3) is 0 Å². The van der Waals surface area contributed by atoms with Crippen LogP contribution in [0.5, 0.6) is 0 Å². The van der Waals surface area contributed by atoms with Crippen molar-refractivity contribution in [1.29, 1.82) is 0 Å². The minimum Gasteiger partial charge on any atom is -0.459 e. The number of hydrogen-bond donors (Lipinski definition) is 2. The maximum absolute atomic E-state index is 12.1. The number of carbonyl (C=O) groups is 2. The summed E-state index contributed by atoms with van der Waals surface area (Å²) in [6.45, 7) is 5.68. The van der Waals surface area contributed by atoms with E-state index in [4.69, 9.17) is 4.42 Å². The predicted molar refractivity (Wildman–Crippen MR) is 80.4 cm³/mol. The van der Waals surface area contributed by atoms with Crippen molar-refractivity contribution in [2.24, 2.45) is 0 Å². The summed E-state index contributed by atoms with van der Waals surface area (Å²) in [4.78, 5) is 24.2. The average molecular weight is 284 g/mol. The molecule has 21 heavy (non-hydrogen) atoms. The molecule has 2 rings (SSSR count). The van der Waals surface area contributed by atoms with Gasteiger partial charge in [-0.15, -0.1) is 6.58 Å². The van der Waals surface area contributed by atoms with Crippen molar-refractivity contribution in [3.8, 4) is 0 Å². The first-order chi connectivity index (χ1) is 10.1. The van der Waals surface area contributed by atoms with E-state index in [0.29, 0.717) is 17.8 Å². The summed E-state index contributed by atoms with van der Waals surface area (Å²) < 4.78 is 5.14. The summed E-state index contributed by atoms with van der Waals surface area (Å²) >= 11 is 0. The largest absolute Gasteiger partial charge is 0.459 e. The Morgan fingerprint density at radius 2 is 2.00 bits per heavy atom. The van der Waals surface area contributed by atoms with Crippen LogP contribution in [0.1, 0.15) is 26.5 Å². The Hall–Kier alpha value is -2.82. The molecule has 108 valence electrons. The van der Waals surface area contributed by atoms with Crippen LogP contribution < -0.4 is 10.6 Å². The zero-order chi connectivity index (χ0) is 15.2. The second kappa shape index (κ2) is 6.56. The van der Waals surface area contributed by atoms with Gasteiger partial charge in [0, 0.05) is 12.1 Å². The first-order valence-corrected chi connectivity index (χ1v) is 6.47. The third-order valence-electron chi connectivity index (χ3n) is 2.90. The van der Waals surface area contributed by atoms with Crippen LogP contribution in [-0.4, -0.2) is 18.4 Å². The molecule has 5 nitrogen and oxygen atoms in total. The molecule has 0 bridgehead atoms. The molecule has 0 aliphatic heterocycles.